The molecule has 0 saturated carbocycles. The molecule has 1 atom stereocenters. The second kappa shape index (κ2) is 2.84. The Bertz CT molecular complexity index is 204. The van der Waals surface area contributed by atoms with Gasteiger partial charge in [-0.2, -0.15) is 0 Å². The van der Waals surface area contributed by atoms with Crippen LogP contribution in [-0.4, -0.2) is 34.5 Å². The molecular formula is C7H9NO3. The van der Waals surface area contributed by atoms with Gasteiger partial charge in [-0.15, -0.1) is 0 Å². The van der Waals surface area contributed by atoms with Crippen molar-refractivity contribution in [2.75, 3.05) is 6.61 Å². The maximum Gasteiger partial charge on any atom is 0.253 e. The van der Waals surface area contributed by atoms with E-state index in [0.29, 0.717) is 0 Å². The Morgan fingerprint density at radius 1 is 1.45 bits per heavy atom. The van der Waals surface area contributed by atoms with Crippen LogP contribution in [0.5, 0.6) is 0 Å². The third-order valence-corrected chi connectivity index (χ3v) is 1.55. The Labute approximate surface area is 64.1 Å². The molecule has 11 heavy (non-hydrogen) atoms. The fourth-order valence-corrected chi connectivity index (χ4v) is 0.928. The van der Waals surface area contributed by atoms with Crippen LogP contribution >= 0.6 is 0 Å². The molecule has 0 radical (unpaired) electrons. The smallest absolute Gasteiger partial charge is 0.253 e. The highest BCUT2D eigenvalue weighted by Gasteiger charge is 2.27. The molecule has 0 aliphatic carbocycles. The quantitative estimate of drug-likeness (QED) is 0.536. The second-order valence-corrected chi connectivity index (χ2v) is 2.41. The van der Waals surface area contributed by atoms with Crippen molar-refractivity contribution in [1.82, 2.24) is 4.90 Å². The molecule has 1 unspecified atom stereocenters. The lowest BCUT2D eigenvalue weighted by molar-refractivity contribution is -0.139. The van der Waals surface area contributed by atoms with Crippen molar-refractivity contribution in [1.29, 1.82) is 0 Å². The molecule has 0 spiro atoms. The van der Waals surface area contributed by atoms with E-state index in [9.17, 15) is 9.59 Å². The average Bonchev–Trinajstić information content (AvgIpc) is 2.30. The zero-order valence-electron chi connectivity index (χ0n) is 6.15. The molecule has 0 aromatic rings. The maximum absolute atomic E-state index is 10.9. The van der Waals surface area contributed by atoms with E-state index < -0.39 is 6.04 Å². The van der Waals surface area contributed by atoms with E-state index >= 15 is 0 Å². The predicted octanol–water partition coefficient (Wildman–Crippen LogP) is -0.708. The van der Waals surface area contributed by atoms with Crippen LogP contribution in [-0.2, 0) is 9.59 Å². The van der Waals surface area contributed by atoms with Crippen molar-refractivity contribution in [3.8, 4) is 0 Å². The summed E-state index contributed by atoms with van der Waals surface area (Å²) in [5, 5.41) is 8.66. The molecule has 1 N–H and O–H groups in total. The van der Waals surface area contributed by atoms with Crippen LogP contribution < -0.4 is 0 Å². The number of aliphatic hydroxyl groups is 1. The molecule has 4 heteroatoms. The zero-order chi connectivity index (χ0) is 8.43. The van der Waals surface area contributed by atoms with Crippen molar-refractivity contribution in [2.24, 2.45) is 0 Å². The van der Waals surface area contributed by atoms with Gasteiger partial charge in [-0.25, -0.2) is 0 Å². The molecule has 2 amide bonds. The number of hydrogen-bond acceptors (Lipinski definition) is 3. The monoisotopic (exact) mass is 155 g/mol. The first-order valence-electron chi connectivity index (χ1n) is 3.33. The predicted molar refractivity (Wildman–Crippen MR) is 37.5 cm³/mol. The van der Waals surface area contributed by atoms with Gasteiger partial charge in [0.15, 0.2) is 0 Å². The average molecular weight is 155 g/mol. The molecule has 0 fully saturated rings. The van der Waals surface area contributed by atoms with Gasteiger partial charge in [0.1, 0.15) is 0 Å². The van der Waals surface area contributed by atoms with E-state index in [1.54, 1.807) is 6.92 Å². The highest BCUT2D eigenvalue weighted by atomic mass is 16.3. The van der Waals surface area contributed by atoms with Crippen LogP contribution in [0.2, 0.25) is 0 Å². The fourth-order valence-electron chi connectivity index (χ4n) is 0.928. The molecule has 1 aliphatic heterocycles. The number of imide groups is 1. The standard InChI is InChI=1S/C7H9NO3/c1-5(4-9)8-6(10)2-3-7(8)11/h2-3,5,9H,4H2,1H3. The lowest BCUT2D eigenvalue weighted by Gasteiger charge is -2.19. The second-order valence-electron chi connectivity index (χ2n) is 2.41. The van der Waals surface area contributed by atoms with Crippen LogP contribution in [0.15, 0.2) is 12.2 Å². The number of rotatable bonds is 2. The number of carbonyl (C=O) groups excluding carboxylic acids is 2. The van der Waals surface area contributed by atoms with E-state index in [1.165, 1.54) is 12.2 Å². The molecule has 1 aliphatic rings. The third-order valence-electron chi connectivity index (χ3n) is 1.55. The number of hydrogen-bond donors (Lipinski definition) is 1. The third kappa shape index (κ3) is 1.30. The van der Waals surface area contributed by atoms with Crippen LogP contribution in [0.4, 0.5) is 0 Å². The lowest BCUT2D eigenvalue weighted by Crippen LogP contribution is -2.40. The van der Waals surface area contributed by atoms with Crippen LogP contribution in [0, 0.1) is 0 Å². The number of aliphatic hydroxyl groups excluding tert-OH is 1. The number of amides is 2. The van der Waals surface area contributed by atoms with Gasteiger partial charge in [0, 0.05) is 12.2 Å². The van der Waals surface area contributed by atoms with Crippen LogP contribution in [0.25, 0.3) is 0 Å². The summed E-state index contributed by atoms with van der Waals surface area (Å²) in [5.41, 5.74) is 0. The maximum atomic E-state index is 10.9. The lowest BCUT2D eigenvalue weighted by atomic mass is 10.3. The van der Waals surface area contributed by atoms with Gasteiger partial charge in [0.2, 0.25) is 0 Å². The van der Waals surface area contributed by atoms with Crippen molar-refractivity contribution >= 4 is 11.8 Å². The Hall–Kier alpha value is -1.16. The summed E-state index contributed by atoms with van der Waals surface area (Å²) in [6.07, 6.45) is 2.41. The highest BCUT2D eigenvalue weighted by molar-refractivity contribution is 6.13. The number of carbonyl (C=O) groups is 2. The molecule has 1 heterocycles. The van der Waals surface area contributed by atoms with Gasteiger partial charge < -0.3 is 5.11 Å². The first kappa shape index (κ1) is 7.94. The summed E-state index contributed by atoms with van der Waals surface area (Å²) in [6.45, 7) is 1.42. The Balaban J connectivity index is 2.73. The Kier molecular flexibility index (Phi) is 2.05. The first-order chi connectivity index (χ1) is 5.16. The van der Waals surface area contributed by atoms with E-state index in [0.717, 1.165) is 4.90 Å². The van der Waals surface area contributed by atoms with Gasteiger partial charge in [0.05, 0.1) is 12.6 Å². The molecule has 0 aromatic carbocycles. The number of nitrogens with zero attached hydrogens (tertiary/aromatic N) is 1. The van der Waals surface area contributed by atoms with E-state index in [1.807, 2.05) is 0 Å². The summed E-state index contributed by atoms with van der Waals surface area (Å²) in [6, 6.07) is -0.426. The molecule has 1 rings (SSSR count). The molecule has 0 saturated heterocycles. The van der Waals surface area contributed by atoms with E-state index in [4.69, 9.17) is 5.11 Å². The minimum atomic E-state index is -0.426. The van der Waals surface area contributed by atoms with Crippen molar-refractivity contribution in [3.05, 3.63) is 12.2 Å². The minimum absolute atomic E-state index is 0.195. The van der Waals surface area contributed by atoms with Crippen LogP contribution in [0.1, 0.15) is 6.92 Å². The van der Waals surface area contributed by atoms with Crippen LogP contribution in [0.3, 0.4) is 0 Å². The topological polar surface area (TPSA) is 57.6 Å². The summed E-state index contributed by atoms with van der Waals surface area (Å²) in [7, 11) is 0. The first-order valence-corrected chi connectivity index (χ1v) is 3.33. The molecule has 4 nitrogen and oxygen atoms in total. The van der Waals surface area contributed by atoms with Crippen molar-refractivity contribution < 1.29 is 14.7 Å². The van der Waals surface area contributed by atoms with Gasteiger partial charge in [-0.1, -0.05) is 0 Å². The molecule has 0 aromatic heterocycles. The summed E-state index contributed by atoms with van der Waals surface area (Å²) in [4.78, 5) is 22.8. The SMILES string of the molecule is CC(CO)N1C(=O)C=CC1=O. The fraction of sp³-hybridized carbons (Fsp3) is 0.429. The Morgan fingerprint density at radius 3 is 2.27 bits per heavy atom. The highest BCUT2D eigenvalue weighted by Crippen LogP contribution is 2.07. The zero-order valence-corrected chi connectivity index (χ0v) is 6.15. The van der Waals surface area contributed by atoms with Gasteiger partial charge in [-0.05, 0) is 6.92 Å². The van der Waals surface area contributed by atoms with Crippen molar-refractivity contribution in [2.45, 2.75) is 13.0 Å². The summed E-state index contributed by atoms with van der Waals surface area (Å²) in [5.74, 6) is -0.701. The van der Waals surface area contributed by atoms with Gasteiger partial charge in [-0.3, -0.25) is 14.5 Å². The largest absolute Gasteiger partial charge is 0.394 e. The summed E-state index contributed by atoms with van der Waals surface area (Å²) < 4.78 is 0. The minimum Gasteiger partial charge on any atom is -0.394 e. The van der Waals surface area contributed by atoms with E-state index in [2.05, 4.69) is 0 Å². The normalized spacial score (nSPS) is 19.6. The van der Waals surface area contributed by atoms with E-state index in [-0.39, 0.29) is 18.4 Å². The Morgan fingerprint density at radius 2 is 1.91 bits per heavy atom. The molecule has 60 valence electrons. The van der Waals surface area contributed by atoms with Gasteiger partial charge >= 0.3 is 0 Å². The summed E-state index contributed by atoms with van der Waals surface area (Å²) >= 11 is 0. The molecule has 0 bridgehead atoms. The van der Waals surface area contributed by atoms with Crippen molar-refractivity contribution in [3.63, 3.8) is 0 Å². The molecular weight excluding hydrogens is 146 g/mol. The van der Waals surface area contributed by atoms with Gasteiger partial charge in [0.25, 0.3) is 11.8 Å².